The first kappa shape index (κ1) is 13.1. The van der Waals surface area contributed by atoms with Gasteiger partial charge in [0, 0.05) is 11.6 Å². The average Bonchev–Trinajstić information content (AvgIpc) is 2.88. The number of anilines is 1. The first-order chi connectivity index (χ1) is 8.74. The molecule has 1 saturated carbocycles. The number of carbonyl (C=O) groups excluding carboxylic acids is 1. The van der Waals surface area contributed by atoms with Gasteiger partial charge in [0.05, 0.1) is 0 Å². The first-order valence-electron chi connectivity index (χ1n) is 6.84. The topological polar surface area (TPSA) is 55.1 Å². The Balaban J connectivity index is 1.97. The molecule has 1 amide bonds. The number of nitrogens with two attached hydrogens (primary N) is 1. The van der Waals surface area contributed by atoms with Crippen LogP contribution in [0.3, 0.4) is 0 Å². The van der Waals surface area contributed by atoms with Crippen LogP contribution in [0.4, 0.5) is 5.69 Å². The van der Waals surface area contributed by atoms with Crippen molar-refractivity contribution in [2.24, 2.45) is 17.6 Å². The number of nitrogens with one attached hydrogen (secondary N) is 1. The van der Waals surface area contributed by atoms with Crippen LogP contribution in [0.15, 0.2) is 24.3 Å². The highest BCUT2D eigenvalue weighted by atomic mass is 16.1. The van der Waals surface area contributed by atoms with Gasteiger partial charge < -0.3 is 11.1 Å². The second kappa shape index (κ2) is 6.01. The third-order valence-electron chi connectivity index (χ3n) is 3.93. The summed E-state index contributed by atoms with van der Waals surface area (Å²) in [6.07, 6.45) is 4.20. The minimum absolute atomic E-state index is 0.0980. The summed E-state index contributed by atoms with van der Waals surface area (Å²) < 4.78 is 0. The van der Waals surface area contributed by atoms with Gasteiger partial charge >= 0.3 is 0 Å². The van der Waals surface area contributed by atoms with Crippen LogP contribution < -0.4 is 11.1 Å². The number of hydrogen-bond acceptors (Lipinski definition) is 2. The Labute approximate surface area is 109 Å². The van der Waals surface area contributed by atoms with Crippen molar-refractivity contribution < 1.29 is 4.79 Å². The highest BCUT2D eigenvalue weighted by molar-refractivity contribution is 5.92. The minimum atomic E-state index is 0.0980. The molecule has 2 atom stereocenters. The van der Waals surface area contributed by atoms with Crippen molar-refractivity contribution >= 4 is 11.6 Å². The molecule has 2 rings (SSSR count). The SMILES string of the molecule is CCc1ccc(NC(=O)[C@@H]2CCC[C@@H]2CN)cc1. The molecule has 98 valence electrons. The molecule has 1 fully saturated rings. The number of carbonyl (C=O) groups is 1. The quantitative estimate of drug-likeness (QED) is 0.858. The van der Waals surface area contributed by atoms with Gasteiger partial charge in [0.1, 0.15) is 0 Å². The lowest BCUT2D eigenvalue weighted by Crippen LogP contribution is -2.29. The standard InChI is InChI=1S/C15H22N2O/c1-2-11-6-8-13(9-7-11)17-15(18)14-5-3-4-12(14)10-16/h6-9,12,14H,2-5,10,16H2,1H3,(H,17,18)/t12-,14-/m1/s1. The Kier molecular flexibility index (Phi) is 4.37. The highest BCUT2D eigenvalue weighted by Gasteiger charge is 2.31. The van der Waals surface area contributed by atoms with E-state index in [1.165, 1.54) is 5.56 Å². The van der Waals surface area contributed by atoms with Crippen molar-refractivity contribution in [2.45, 2.75) is 32.6 Å². The fraction of sp³-hybridized carbons (Fsp3) is 0.533. The van der Waals surface area contributed by atoms with Gasteiger partial charge in [-0.05, 0) is 49.4 Å². The Morgan fingerprint density at radius 1 is 1.33 bits per heavy atom. The number of amides is 1. The first-order valence-corrected chi connectivity index (χ1v) is 6.84. The van der Waals surface area contributed by atoms with Gasteiger partial charge in [-0.15, -0.1) is 0 Å². The fourth-order valence-electron chi connectivity index (χ4n) is 2.72. The van der Waals surface area contributed by atoms with Gasteiger partial charge in [-0.25, -0.2) is 0 Å². The van der Waals surface area contributed by atoms with E-state index < -0.39 is 0 Å². The maximum Gasteiger partial charge on any atom is 0.227 e. The molecular formula is C15H22N2O. The van der Waals surface area contributed by atoms with Crippen LogP contribution in [0, 0.1) is 11.8 Å². The van der Waals surface area contributed by atoms with Crippen molar-refractivity contribution in [3.63, 3.8) is 0 Å². The molecule has 0 spiro atoms. The van der Waals surface area contributed by atoms with Crippen LogP contribution in [-0.4, -0.2) is 12.5 Å². The lowest BCUT2D eigenvalue weighted by Gasteiger charge is -2.17. The van der Waals surface area contributed by atoms with Crippen LogP contribution in [-0.2, 0) is 11.2 Å². The third kappa shape index (κ3) is 2.91. The molecule has 3 nitrogen and oxygen atoms in total. The predicted molar refractivity (Wildman–Crippen MR) is 74.3 cm³/mol. The summed E-state index contributed by atoms with van der Waals surface area (Å²) in [5.41, 5.74) is 7.89. The molecule has 0 bridgehead atoms. The zero-order chi connectivity index (χ0) is 13.0. The highest BCUT2D eigenvalue weighted by Crippen LogP contribution is 2.31. The van der Waals surface area contributed by atoms with Gasteiger partial charge in [0.2, 0.25) is 5.91 Å². The number of rotatable bonds is 4. The van der Waals surface area contributed by atoms with E-state index in [1.807, 2.05) is 12.1 Å². The lowest BCUT2D eigenvalue weighted by molar-refractivity contribution is -0.120. The molecule has 1 aromatic rings. The summed E-state index contributed by atoms with van der Waals surface area (Å²) in [4.78, 5) is 12.2. The zero-order valence-corrected chi connectivity index (χ0v) is 11.0. The Morgan fingerprint density at radius 3 is 2.67 bits per heavy atom. The van der Waals surface area contributed by atoms with Gasteiger partial charge in [-0.1, -0.05) is 25.5 Å². The van der Waals surface area contributed by atoms with E-state index >= 15 is 0 Å². The summed E-state index contributed by atoms with van der Waals surface area (Å²) in [7, 11) is 0. The van der Waals surface area contributed by atoms with E-state index in [0.29, 0.717) is 12.5 Å². The smallest absolute Gasteiger partial charge is 0.227 e. The van der Waals surface area contributed by atoms with E-state index in [-0.39, 0.29) is 11.8 Å². The Bertz CT molecular complexity index is 399. The molecule has 18 heavy (non-hydrogen) atoms. The molecule has 3 heteroatoms. The second-order valence-electron chi connectivity index (χ2n) is 5.07. The molecule has 3 N–H and O–H groups in total. The van der Waals surface area contributed by atoms with E-state index in [4.69, 9.17) is 5.73 Å². The van der Waals surface area contributed by atoms with Crippen LogP contribution in [0.1, 0.15) is 31.7 Å². The van der Waals surface area contributed by atoms with Crippen LogP contribution in [0.5, 0.6) is 0 Å². The van der Waals surface area contributed by atoms with Crippen molar-refractivity contribution in [1.29, 1.82) is 0 Å². The molecule has 1 aliphatic rings. The van der Waals surface area contributed by atoms with E-state index in [9.17, 15) is 4.79 Å². The van der Waals surface area contributed by atoms with E-state index in [2.05, 4.69) is 24.4 Å². The maximum atomic E-state index is 12.2. The molecule has 0 unspecified atom stereocenters. The zero-order valence-electron chi connectivity index (χ0n) is 11.0. The Morgan fingerprint density at radius 2 is 2.06 bits per heavy atom. The van der Waals surface area contributed by atoms with Crippen molar-refractivity contribution in [2.75, 3.05) is 11.9 Å². The third-order valence-corrected chi connectivity index (χ3v) is 3.93. The summed E-state index contributed by atoms with van der Waals surface area (Å²) in [5, 5.41) is 3.00. The van der Waals surface area contributed by atoms with Crippen molar-refractivity contribution in [1.82, 2.24) is 0 Å². The van der Waals surface area contributed by atoms with Gasteiger partial charge in [-0.2, -0.15) is 0 Å². The molecule has 0 saturated heterocycles. The summed E-state index contributed by atoms with van der Waals surface area (Å²) >= 11 is 0. The number of benzene rings is 1. The van der Waals surface area contributed by atoms with Crippen LogP contribution in [0.25, 0.3) is 0 Å². The summed E-state index contributed by atoms with van der Waals surface area (Å²) in [5.74, 6) is 0.591. The Hall–Kier alpha value is -1.35. The molecule has 1 aromatic carbocycles. The monoisotopic (exact) mass is 246 g/mol. The van der Waals surface area contributed by atoms with E-state index in [0.717, 1.165) is 31.4 Å². The van der Waals surface area contributed by atoms with E-state index in [1.54, 1.807) is 0 Å². The normalized spacial score (nSPS) is 23.0. The number of aryl methyl sites for hydroxylation is 1. The number of hydrogen-bond donors (Lipinski definition) is 2. The molecule has 0 heterocycles. The molecule has 0 aromatic heterocycles. The maximum absolute atomic E-state index is 12.2. The molecule has 0 aliphatic heterocycles. The van der Waals surface area contributed by atoms with Crippen molar-refractivity contribution in [3.05, 3.63) is 29.8 Å². The molecule has 1 aliphatic carbocycles. The summed E-state index contributed by atoms with van der Waals surface area (Å²) in [6, 6.07) is 8.07. The molecular weight excluding hydrogens is 224 g/mol. The van der Waals surface area contributed by atoms with Gasteiger partial charge in [-0.3, -0.25) is 4.79 Å². The minimum Gasteiger partial charge on any atom is -0.330 e. The molecule has 0 radical (unpaired) electrons. The van der Waals surface area contributed by atoms with Crippen molar-refractivity contribution in [3.8, 4) is 0 Å². The largest absolute Gasteiger partial charge is 0.330 e. The lowest BCUT2D eigenvalue weighted by atomic mass is 9.95. The summed E-state index contributed by atoms with van der Waals surface area (Å²) in [6.45, 7) is 2.74. The van der Waals surface area contributed by atoms with Crippen LogP contribution in [0.2, 0.25) is 0 Å². The van der Waals surface area contributed by atoms with Crippen LogP contribution >= 0.6 is 0 Å². The van der Waals surface area contributed by atoms with Gasteiger partial charge in [0.25, 0.3) is 0 Å². The van der Waals surface area contributed by atoms with Gasteiger partial charge in [0.15, 0.2) is 0 Å². The fourth-order valence-corrected chi connectivity index (χ4v) is 2.72. The second-order valence-corrected chi connectivity index (χ2v) is 5.07. The average molecular weight is 246 g/mol. The predicted octanol–water partition coefficient (Wildman–Crippen LogP) is 2.56.